The summed E-state index contributed by atoms with van der Waals surface area (Å²) in [5, 5.41) is 1.57. The van der Waals surface area contributed by atoms with E-state index in [1.165, 1.54) is 12.1 Å². The molecule has 2 aromatic rings. The molecule has 2 amide bonds. The zero-order valence-corrected chi connectivity index (χ0v) is 17.3. The summed E-state index contributed by atoms with van der Waals surface area (Å²) in [4.78, 5) is 26.6. The molecule has 1 heterocycles. The molecule has 29 heavy (non-hydrogen) atoms. The van der Waals surface area contributed by atoms with Gasteiger partial charge in [0, 0.05) is 19.6 Å². The van der Waals surface area contributed by atoms with E-state index in [2.05, 4.69) is 12.2 Å². The van der Waals surface area contributed by atoms with E-state index in [-0.39, 0.29) is 11.4 Å². The van der Waals surface area contributed by atoms with E-state index in [0.717, 1.165) is 12.8 Å². The minimum absolute atomic E-state index is 0.171. The van der Waals surface area contributed by atoms with Gasteiger partial charge in [0.2, 0.25) is 0 Å². The molecule has 1 atom stereocenters. The van der Waals surface area contributed by atoms with Crippen molar-refractivity contribution in [1.82, 2.24) is 10.2 Å². The number of benzene rings is 2. The van der Waals surface area contributed by atoms with Crippen LogP contribution in [0, 0.1) is 5.92 Å². The topological polar surface area (TPSA) is 83.6 Å². The van der Waals surface area contributed by atoms with Gasteiger partial charge in [0.15, 0.2) is 9.84 Å². The number of nitrogens with one attached hydrogen (secondary N) is 1. The molecule has 1 saturated heterocycles. The number of rotatable bonds is 5. The maximum atomic E-state index is 13.2. The van der Waals surface area contributed by atoms with E-state index in [1.54, 1.807) is 53.4 Å². The van der Waals surface area contributed by atoms with E-state index in [0.29, 0.717) is 24.6 Å². The molecular formula is C22H26N2O4S. The lowest BCUT2D eigenvalue weighted by Gasteiger charge is -2.29. The van der Waals surface area contributed by atoms with Gasteiger partial charge in [0.25, 0.3) is 0 Å². The summed E-state index contributed by atoms with van der Waals surface area (Å²) in [7, 11) is -3.75. The average Bonchev–Trinajstić information content (AvgIpc) is 2.75. The van der Waals surface area contributed by atoms with E-state index in [1.807, 2.05) is 0 Å². The van der Waals surface area contributed by atoms with Crippen LogP contribution in [0.15, 0.2) is 65.6 Å². The third kappa shape index (κ3) is 5.03. The van der Waals surface area contributed by atoms with E-state index in [4.69, 9.17) is 0 Å². The molecule has 7 heteroatoms. The zero-order valence-electron chi connectivity index (χ0n) is 16.5. The van der Waals surface area contributed by atoms with E-state index < -0.39 is 26.9 Å². The first-order valence-corrected chi connectivity index (χ1v) is 11.3. The fourth-order valence-corrected chi connectivity index (χ4v) is 5.15. The highest BCUT2D eigenvalue weighted by atomic mass is 32.2. The van der Waals surface area contributed by atoms with Crippen LogP contribution in [0.2, 0.25) is 0 Å². The molecule has 2 aromatic carbocycles. The maximum absolute atomic E-state index is 13.2. The summed E-state index contributed by atoms with van der Waals surface area (Å²) < 4.78 is 26.4. The largest absolute Gasteiger partial charge is 0.346 e. The molecule has 0 saturated carbocycles. The van der Waals surface area contributed by atoms with Crippen LogP contribution in [0.5, 0.6) is 0 Å². The van der Waals surface area contributed by atoms with Gasteiger partial charge in [-0.2, -0.15) is 0 Å². The molecule has 1 N–H and O–H groups in total. The van der Waals surface area contributed by atoms with Crippen molar-refractivity contribution in [1.29, 1.82) is 0 Å². The molecule has 0 spiro atoms. The van der Waals surface area contributed by atoms with Crippen molar-refractivity contribution < 1.29 is 18.0 Å². The summed E-state index contributed by atoms with van der Waals surface area (Å²) in [6, 6.07) is 16.9. The lowest BCUT2D eigenvalue weighted by Crippen LogP contribution is -2.47. The van der Waals surface area contributed by atoms with Crippen molar-refractivity contribution in [2.75, 3.05) is 19.6 Å². The van der Waals surface area contributed by atoms with Crippen molar-refractivity contribution >= 4 is 21.7 Å². The molecule has 1 fully saturated rings. The molecule has 1 aliphatic heterocycles. The molecular weight excluding hydrogens is 388 g/mol. The van der Waals surface area contributed by atoms with Crippen molar-refractivity contribution in [3.8, 4) is 0 Å². The van der Waals surface area contributed by atoms with E-state index >= 15 is 0 Å². The van der Waals surface area contributed by atoms with Gasteiger partial charge in [-0.3, -0.25) is 9.59 Å². The highest BCUT2D eigenvalue weighted by molar-refractivity contribution is 7.91. The normalized spacial score (nSPS) is 16.2. The molecule has 0 bridgehead atoms. The van der Waals surface area contributed by atoms with Crippen LogP contribution >= 0.6 is 0 Å². The molecule has 0 radical (unpaired) electrons. The standard InChI is InChI=1S/C22H26N2O4S/c1-17-12-14-24(15-13-17)22(26)21(25)23-16-20(18-8-4-2-5-9-18)29(27,28)19-10-6-3-7-11-19/h2-11,17,20H,12-16H2,1H3,(H,23,25)/t20-/m1/s1. The lowest BCUT2D eigenvalue weighted by molar-refractivity contribution is -0.146. The Morgan fingerprint density at radius 3 is 2.14 bits per heavy atom. The second kappa shape index (κ2) is 9.22. The van der Waals surface area contributed by atoms with Crippen molar-refractivity contribution in [3.63, 3.8) is 0 Å². The van der Waals surface area contributed by atoms with Crippen LogP contribution in [0.4, 0.5) is 0 Å². The van der Waals surface area contributed by atoms with Gasteiger partial charge in [-0.25, -0.2) is 8.42 Å². The Labute approximate surface area is 171 Å². The lowest BCUT2D eigenvalue weighted by atomic mass is 9.99. The van der Waals surface area contributed by atoms with Gasteiger partial charge >= 0.3 is 11.8 Å². The van der Waals surface area contributed by atoms with Crippen LogP contribution in [-0.2, 0) is 19.4 Å². The predicted octanol–water partition coefficient (Wildman–Crippen LogP) is 2.58. The summed E-state index contributed by atoms with van der Waals surface area (Å²) in [5.74, 6) is -0.815. The first-order chi connectivity index (χ1) is 13.9. The number of hydrogen-bond donors (Lipinski definition) is 1. The Morgan fingerprint density at radius 2 is 1.55 bits per heavy atom. The number of hydrogen-bond acceptors (Lipinski definition) is 4. The number of piperidine rings is 1. The van der Waals surface area contributed by atoms with Crippen molar-refractivity contribution in [2.24, 2.45) is 5.92 Å². The number of carbonyl (C=O) groups is 2. The first kappa shape index (κ1) is 21.0. The van der Waals surface area contributed by atoms with Gasteiger partial charge < -0.3 is 10.2 Å². The highest BCUT2D eigenvalue weighted by Crippen LogP contribution is 2.28. The van der Waals surface area contributed by atoms with Gasteiger partial charge in [-0.05, 0) is 36.5 Å². The summed E-state index contributed by atoms with van der Waals surface area (Å²) in [5.41, 5.74) is 0.566. The number of amides is 2. The molecule has 0 unspecified atom stereocenters. The molecule has 154 valence electrons. The monoisotopic (exact) mass is 414 g/mol. The SMILES string of the molecule is CC1CCN(C(=O)C(=O)NC[C@H](c2ccccc2)S(=O)(=O)c2ccccc2)CC1. The van der Waals surface area contributed by atoms with Gasteiger partial charge in [0.05, 0.1) is 4.90 Å². The number of sulfone groups is 1. The first-order valence-electron chi connectivity index (χ1n) is 9.80. The number of likely N-dealkylation sites (tertiary alicyclic amines) is 1. The van der Waals surface area contributed by atoms with Crippen LogP contribution in [0.25, 0.3) is 0 Å². The third-order valence-corrected chi connectivity index (χ3v) is 7.45. The third-order valence-electron chi connectivity index (χ3n) is 5.33. The number of nitrogens with zero attached hydrogens (tertiary/aromatic N) is 1. The van der Waals surface area contributed by atoms with Crippen LogP contribution in [0.1, 0.15) is 30.6 Å². The van der Waals surface area contributed by atoms with E-state index in [9.17, 15) is 18.0 Å². The van der Waals surface area contributed by atoms with Gasteiger partial charge in [-0.1, -0.05) is 55.5 Å². The minimum atomic E-state index is -3.75. The zero-order chi connectivity index (χ0) is 20.9. The molecule has 0 aromatic heterocycles. The Hall–Kier alpha value is -2.67. The quantitative estimate of drug-likeness (QED) is 0.763. The fourth-order valence-electron chi connectivity index (χ4n) is 3.47. The maximum Gasteiger partial charge on any atom is 0.311 e. The molecule has 1 aliphatic rings. The fraction of sp³-hybridized carbons (Fsp3) is 0.364. The number of carbonyl (C=O) groups excluding carboxylic acids is 2. The van der Waals surface area contributed by atoms with Gasteiger partial charge in [0.1, 0.15) is 5.25 Å². The Kier molecular flexibility index (Phi) is 6.69. The molecule has 6 nitrogen and oxygen atoms in total. The second-order valence-corrected chi connectivity index (χ2v) is 9.57. The Bertz CT molecular complexity index is 937. The summed E-state index contributed by atoms with van der Waals surface area (Å²) >= 11 is 0. The summed E-state index contributed by atoms with van der Waals surface area (Å²) in [6.45, 7) is 3.06. The summed E-state index contributed by atoms with van der Waals surface area (Å²) in [6.07, 6.45) is 1.74. The minimum Gasteiger partial charge on any atom is -0.346 e. The predicted molar refractivity (Wildman–Crippen MR) is 111 cm³/mol. The van der Waals surface area contributed by atoms with Crippen LogP contribution < -0.4 is 5.32 Å². The van der Waals surface area contributed by atoms with Crippen LogP contribution in [-0.4, -0.2) is 44.8 Å². The molecule has 3 rings (SSSR count). The highest BCUT2D eigenvalue weighted by Gasteiger charge is 2.31. The molecule has 0 aliphatic carbocycles. The van der Waals surface area contributed by atoms with Gasteiger partial charge in [-0.15, -0.1) is 0 Å². The second-order valence-electron chi connectivity index (χ2n) is 7.44. The smallest absolute Gasteiger partial charge is 0.311 e. The van der Waals surface area contributed by atoms with Crippen molar-refractivity contribution in [2.45, 2.75) is 29.9 Å². The van der Waals surface area contributed by atoms with Crippen molar-refractivity contribution in [3.05, 3.63) is 66.2 Å². The Morgan fingerprint density at radius 1 is 1.00 bits per heavy atom. The van der Waals surface area contributed by atoms with Crippen LogP contribution in [0.3, 0.4) is 0 Å². The Balaban J connectivity index is 1.76. The average molecular weight is 415 g/mol.